The van der Waals surface area contributed by atoms with E-state index in [1.165, 1.54) is 5.56 Å². The summed E-state index contributed by atoms with van der Waals surface area (Å²) in [6, 6.07) is 6.22. The topological polar surface area (TPSA) is 29.9 Å². The van der Waals surface area contributed by atoms with E-state index in [1.54, 1.807) is 0 Å². The highest BCUT2D eigenvalue weighted by atomic mass is 79.9. The van der Waals surface area contributed by atoms with Crippen molar-refractivity contribution in [3.05, 3.63) is 46.5 Å². The molecule has 1 N–H and O–H groups in total. The van der Waals surface area contributed by atoms with Gasteiger partial charge in [-0.2, -0.15) is 0 Å². The first kappa shape index (κ1) is 14.3. The van der Waals surface area contributed by atoms with Crippen LogP contribution >= 0.6 is 15.9 Å². The zero-order chi connectivity index (χ0) is 14.0. The molecule has 3 nitrogen and oxygen atoms in total. The first-order chi connectivity index (χ1) is 8.88. The molecule has 2 aromatic rings. The molecule has 19 heavy (non-hydrogen) atoms. The molecule has 0 aliphatic carbocycles. The second-order valence-corrected chi connectivity index (χ2v) is 6.60. The second kappa shape index (κ2) is 5.47. The summed E-state index contributed by atoms with van der Waals surface area (Å²) in [6.45, 7) is 9.41. The van der Waals surface area contributed by atoms with Gasteiger partial charge in [0.25, 0.3) is 0 Å². The zero-order valence-electron chi connectivity index (χ0n) is 11.9. The van der Waals surface area contributed by atoms with Crippen LogP contribution in [-0.2, 0) is 6.54 Å². The van der Waals surface area contributed by atoms with Gasteiger partial charge in [0.15, 0.2) is 0 Å². The van der Waals surface area contributed by atoms with Crippen LogP contribution in [0.15, 0.2) is 35.2 Å². The number of imidazole rings is 1. The molecule has 0 bridgehead atoms. The van der Waals surface area contributed by atoms with Crippen LogP contribution in [0.4, 0.5) is 0 Å². The molecule has 1 aromatic carbocycles. The minimum atomic E-state index is 0.0986. The Balaban J connectivity index is 2.31. The standard InChI is InChI=1S/C15H20BrN3/c1-11-13(16)6-5-7-14(11)19-10-17-8-12(19)9-18-15(2,3)4/h5-8,10,18H,9H2,1-4H3. The molecule has 2 rings (SSSR count). The van der Waals surface area contributed by atoms with E-state index in [4.69, 9.17) is 0 Å². The zero-order valence-corrected chi connectivity index (χ0v) is 13.5. The van der Waals surface area contributed by atoms with Crippen LogP contribution in [0.1, 0.15) is 32.0 Å². The van der Waals surface area contributed by atoms with Gasteiger partial charge in [-0.25, -0.2) is 4.98 Å². The molecular formula is C15H20BrN3. The summed E-state index contributed by atoms with van der Waals surface area (Å²) in [6.07, 6.45) is 3.79. The summed E-state index contributed by atoms with van der Waals surface area (Å²) in [5.74, 6) is 0. The SMILES string of the molecule is Cc1c(Br)cccc1-n1cncc1CNC(C)(C)C. The van der Waals surface area contributed by atoms with Gasteiger partial charge >= 0.3 is 0 Å². The molecule has 4 heteroatoms. The number of nitrogens with one attached hydrogen (secondary N) is 1. The normalized spacial score (nSPS) is 11.8. The van der Waals surface area contributed by atoms with Gasteiger partial charge in [-0.15, -0.1) is 0 Å². The van der Waals surface area contributed by atoms with E-state index in [9.17, 15) is 0 Å². The molecule has 1 aromatic heterocycles. The maximum atomic E-state index is 4.28. The van der Waals surface area contributed by atoms with Crippen molar-refractivity contribution in [3.63, 3.8) is 0 Å². The summed E-state index contributed by atoms with van der Waals surface area (Å²) in [5.41, 5.74) is 3.65. The lowest BCUT2D eigenvalue weighted by atomic mass is 10.1. The van der Waals surface area contributed by atoms with Crippen molar-refractivity contribution in [3.8, 4) is 5.69 Å². The smallest absolute Gasteiger partial charge is 0.0994 e. The van der Waals surface area contributed by atoms with Gasteiger partial charge in [0.05, 0.1) is 17.7 Å². The van der Waals surface area contributed by atoms with Crippen LogP contribution in [0.25, 0.3) is 5.69 Å². The fourth-order valence-electron chi connectivity index (χ4n) is 1.88. The van der Waals surface area contributed by atoms with Gasteiger partial charge in [0.1, 0.15) is 0 Å². The van der Waals surface area contributed by atoms with Gasteiger partial charge in [0.2, 0.25) is 0 Å². The average Bonchev–Trinajstić information content (AvgIpc) is 2.77. The van der Waals surface area contributed by atoms with Crippen molar-refractivity contribution in [1.82, 2.24) is 14.9 Å². The third-order valence-electron chi connectivity index (χ3n) is 3.01. The number of aromatic nitrogens is 2. The van der Waals surface area contributed by atoms with Crippen LogP contribution in [-0.4, -0.2) is 15.1 Å². The Hall–Kier alpha value is -1.13. The Morgan fingerprint density at radius 3 is 2.74 bits per heavy atom. The number of nitrogens with zero attached hydrogens (tertiary/aromatic N) is 2. The van der Waals surface area contributed by atoms with E-state index < -0.39 is 0 Å². The second-order valence-electron chi connectivity index (χ2n) is 5.74. The monoisotopic (exact) mass is 321 g/mol. The molecule has 0 atom stereocenters. The highest BCUT2D eigenvalue weighted by molar-refractivity contribution is 9.10. The summed E-state index contributed by atoms with van der Waals surface area (Å²) < 4.78 is 3.26. The Kier molecular flexibility index (Phi) is 4.11. The van der Waals surface area contributed by atoms with Crippen LogP contribution in [0, 0.1) is 6.92 Å². The molecule has 0 saturated heterocycles. The van der Waals surface area contributed by atoms with Crippen molar-refractivity contribution in [1.29, 1.82) is 0 Å². The fourth-order valence-corrected chi connectivity index (χ4v) is 2.24. The molecule has 0 spiro atoms. The molecule has 0 fully saturated rings. The van der Waals surface area contributed by atoms with Crippen molar-refractivity contribution in [2.45, 2.75) is 39.8 Å². The first-order valence-electron chi connectivity index (χ1n) is 6.40. The predicted molar refractivity (Wildman–Crippen MR) is 82.6 cm³/mol. The maximum Gasteiger partial charge on any atom is 0.0994 e. The lowest BCUT2D eigenvalue weighted by Gasteiger charge is -2.21. The third-order valence-corrected chi connectivity index (χ3v) is 3.87. The van der Waals surface area contributed by atoms with E-state index in [-0.39, 0.29) is 5.54 Å². The number of halogens is 1. The van der Waals surface area contributed by atoms with E-state index in [0.717, 1.165) is 22.4 Å². The van der Waals surface area contributed by atoms with E-state index in [2.05, 4.69) is 70.6 Å². The Morgan fingerprint density at radius 2 is 2.05 bits per heavy atom. The molecule has 0 unspecified atom stereocenters. The Labute approximate surface area is 123 Å². The Bertz CT molecular complexity index is 567. The fraction of sp³-hybridized carbons (Fsp3) is 0.400. The maximum absolute atomic E-state index is 4.28. The number of rotatable bonds is 3. The minimum absolute atomic E-state index is 0.0986. The van der Waals surface area contributed by atoms with Gasteiger partial charge < -0.3 is 9.88 Å². The van der Waals surface area contributed by atoms with Crippen molar-refractivity contribution in [2.75, 3.05) is 0 Å². The Morgan fingerprint density at radius 1 is 1.32 bits per heavy atom. The van der Waals surface area contributed by atoms with Crippen molar-refractivity contribution < 1.29 is 0 Å². The molecule has 0 saturated carbocycles. The third kappa shape index (κ3) is 3.45. The van der Waals surface area contributed by atoms with Gasteiger partial charge in [-0.05, 0) is 45.4 Å². The van der Waals surface area contributed by atoms with E-state index in [1.807, 2.05) is 18.6 Å². The molecule has 0 aliphatic heterocycles. The minimum Gasteiger partial charge on any atom is -0.306 e. The quantitative estimate of drug-likeness (QED) is 0.931. The highest BCUT2D eigenvalue weighted by Gasteiger charge is 2.12. The van der Waals surface area contributed by atoms with Crippen LogP contribution in [0.3, 0.4) is 0 Å². The molecule has 102 valence electrons. The number of benzene rings is 1. The lowest BCUT2D eigenvalue weighted by molar-refractivity contribution is 0.419. The predicted octanol–water partition coefficient (Wildman–Crippen LogP) is 3.83. The van der Waals surface area contributed by atoms with Gasteiger partial charge in [-0.1, -0.05) is 22.0 Å². The lowest BCUT2D eigenvalue weighted by Crippen LogP contribution is -2.35. The van der Waals surface area contributed by atoms with Crippen LogP contribution in [0.5, 0.6) is 0 Å². The number of hydrogen-bond acceptors (Lipinski definition) is 2. The molecule has 1 heterocycles. The summed E-state index contributed by atoms with van der Waals surface area (Å²) >= 11 is 3.58. The summed E-state index contributed by atoms with van der Waals surface area (Å²) in [4.78, 5) is 4.28. The first-order valence-corrected chi connectivity index (χ1v) is 7.19. The van der Waals surface area contributed by atoms with Crippen LogP contribution in [0.2, 0.25) is 0 Å². The van der Waals surface area contributed by atoms with Gasteiger partial charge in [0, 0.05) is 22.8 Å². The molecule has 0 amide bonds. The molecular weight excluding hydrogens is 302 g/mol. The average molecular weight is 322 g/mol. The molecule has 0 aliphatic rings. The van der Waals surface area contributed by atoms with Crippen LogP contribution < -0.4 is 5.32 Å². The highest BCUT2D eigenvalue weighted by Crippen LogP contribution is 2.23. The summed E-state index contributed by atoms with van der Waals surface area (Å²) in [5, 5.41) is 3.50. The van der Waals surface area contributed by atoms with Gasteiger partial charge in [-0.3, -0.25) is 0 Å². The van der Waals surface area contributed by atoms with Crippen molar-refractivity contribution >= 4 is 15.9 Å². The molecule has 0 radical (unpaired) electrons. The number of hydrogen-bond donors (Lipinski definition) is 1. The summed E-state index contributed by atoms with van der Waals surface area (Å²) in [7, 11) is 0. The van der Waals surface area contributed by atoms with E-state index >= 15 is 0 Å². The largest absolute Gasteiger partial charge is 0.306 e. The van der Waals surface area contributed by atoms with Crippen molar-refractivity contribution in [2.24, 2.45) is 0 Å². The van der Waals surface area contributed by atoms with E-state index in [0.29, 0.717) is 0 Å².